The molecule has 6 heteroatoms. The molecule has 0 fully saturated rings. The second kappa shape index (κ2) is 5.38. The number of carboxylic acids is 1. The Morgan fingerprint density at radius 1 is 1.24 bits per heavy atom. The van der Waals surface area contributed by atoms with Gasteiger partial charge in [0, 0.05) is 5.92 Å². The molecule has 4 nitrogen and oxygen atoms in total. The maximum atomic E-state index is 11.5. The van der Waals surface area contributed by atoms with Crippen molar-refractivity contribution in [3.05, 3.63) is 27.7 Å². The lowest BCUT2D eigenvalue weighted by Crippen LogP contribution is -2.18. The van der Waals surface area contributed by atoms with Gasteiger partial charge < -0.3 is 10.4 Å². The minimum atomic E-state index is -1.13. The van der Waals surface area contributed by atoms with Crippen LogP contribution in [0.25, 0.3) is 0 Å². The van der Waals surface area contributed by atoms with Crippen LogP contribution in [0.3, 0.4) is 0 Å². The number of halogens is 2. The largest absolute Gasteiger partial charge is 0.478 e. The highest BCUT2D eigenvalue weighted by Crippen LogP contribution is 2.32. The fourth-order valence-electron chi connectivity index (χ4n) is 1.08. The molecule has 0 aromatic heterocycles. The lowest BCUT2D eigenvalue weighted by atomic mass is 10.1. The molecule has 0 spiro atoms. The predicted molar refractivity (Wildman–Crippen MR) is 66.9 cm³/mol. The molecule has 0 saturated carbocycles. The van der Waals surface area contributed by atoms with Crippen molar-refractivity contribution in [2.75, 3.05) is 5.32 Å². The minimum absolute atomic E-state index is 0.0254. The summed E-state index contributed by atoms with van der Waals surface area (Å²) in [5, 5.41) is 11.5. The summed E-state index contributed by atoms with van der Waals surface area (Å²) in [7, 11) is 0. The number of nitrogens with one attached hydrogen (secondary N) is 1. The number of carbonyl (C=O) groups is 2. The number of rotatable bonds is 3. The average molecular weight is 276 g/mol. The van der Waals surface area contributed by atoms with Gasteiger partial charge in [-0.05, 0) is 12.1 Å². The quantitative estimate of drug-likeness (QED) is 0.890. The molecule has 1 aromatic carbocycles. The Morgan fingerprint density at radius 2 is 1.71 bits per heavy atom. The molecule has 92 valence electrons. The van der Waals surface area contributed by atoms with Crippen molar-refractivity contribution in [3.63, 3.8) is 0 Å². The molecule has 2 N–H and O–H groups in total. The topological polar surface area (TPSA) is 66.4 Å². The van der Waals surface area contributed by atoms with Crippen molar-refractivity contribution in [3.8, 4) is 0 Å². The van der Waals surface area contributed by atoms with Crippen LogP contribution in [0.5, 0.6) is 0 Å². The zero-order valence-corrected chi connectivity index (χ0v) is 10.8. The van der Waals surface area contributed by atoms with Gasteiger partial charge in [0.05, 0.1) is 21.3 Å². The van der Waals surface area contributed by atoms with Crippen LogP contribution in [-0.2, 0) is 4.79 Å². The second-order valence-electron chi connectivity index (χ2n) is 3.76. The van der Waals surface area contributed by atoms with E-state index in [1.165, 1.54) is 12.1 Å². The molecule has 0 heterocycles. The summed E-state index contributed by atoms with van der Waals surface area (Å²) in [6.07, 6.45) is 0. The average Bonchev–Trinajstić information content (AvgIpc) is 2.22. The zero-order valence-electron chi connectivity index (χ0n) is 9.25. The van der Waals surface area contributed by atoms with E-state index in [0.29, 0.717) is 0 Å². The van der Waals surface area contributed by atoms with Gasteiger partial charge in [-0.15, -0.1) is 0 Å². The fourth-order valence-corrected chi connectivity index (χ4v) is 1.67. The van der Waals surface area contributed by atoms with E-state index in [1.807, 2.05) is 0 Å². The number of amides is 1. The van der Waals surface area contributed by atoms with Crippen LogP contribution in [0.4, 0.5) is 5.69 Å². The molecule has 17 heavy (non-hydrogen) atoms. The van der Waals surface area contributed by atoms with Gasteiger partial charge in [-0.1, -0.05) is 37.0 Å². The number of carboxylic acid groups (broad SMARTS) is 1. The summed E-state index contributed by atoms with van der Waals surface area (Å²) >= 11 is 11.7. The molecule has 0 aliphatic rings. The highest BCUT2D eigenvalue weighted by Gasteiger charge is 2.15. The number of hydrogen-bond donors (Lipinski definition) is 2. The normalized spacial score (nSPS) is 10.4. The Labute approximate surface area is 109 Å². The van der Waals surface area contributed by atoms with Crippen molar-refractivity contribution in [2.24, 2.45) is 5.92 Å². The van der Waals surface area contributed by atoms with Gasteiger partial charge in [-0.3, -0.25) is 4.79 Å². The Hall–Kier alpha value is -1.26. The van der Waals surface area contributed by atoms with Crippen molar-refractivity contribution in [2.45, 2.75) is 13.8 Å². The summed E-state index contributed by atoms with van der Waals surface area (Å²) in [5.41, 5.74) is 0.208. The predicted octanol–water partition coefficient (Wildman–Crippen LogP) is 3.29. The SMILES string of the molecule is CC(C)C(=O)Nc1c(Cl)cc(C(=O)O)cc1Cl. The van der Waals surface area contributed by atoms with Crippen LogP contribution in [0.15, 0.2) is 12.1 Å². The van der Waals surface area contributed by atoms with Gasteiger partial charge in [-0.2, -0.15) is 0 Å². The van der Waals surface area contributed by atoms with Crippen molar-refractivity contribution < 1.29 is 14.7 Å². The first-order valence-electron chi connectivity index (χ1n) is 4.86. The third kappa shape index (κ3) is 3.35. The van der Waals surface area contributed by atoms with Gasteiger partial charge in [-0.25, -0.2) is 4.79 Å². The summed E-state index contributed by atoms with van der Waals surface area (Å²) in [6.45, 7) is 3.45. The standard InChI is InChI=1S/C11H11Cl2NO3/c1-5(2)10(15)14-9-7(12)3-6(11(16)17)4-8(9)13/h3-5H,1-2H3,(H,14,15)(H,16,17). The summed E-state index contributed by atoms with van der Waals surface area (Å²) in [5.74, 6) is -1.59. The molecular formula is C11H11Cl2NO3. The van der Waals surface area contributed by atoms with Crippen molar-refractivity contribution >= 4 is 40.8 Å². The highest BCUT2D eigenvalue weighted by atomic mass is 35.5. The molecule has 1 aromatic rings. The minimum Gasteiger partial charge on any atom is -0.478 e. The number of hydrogen-bond acceptors (Lipinski definition) is 2. The Balaban J connectivity index is 3.10. The van der Waals surface area contributed by atoms with E-state index in [4.69, 9.17) is 28.3 Å². The van der Waals surface area contributed by atoms with Crippen molar-refractivity contribution in [1.82, 2.24) is 0 Å². The number of benzene rings is 1. The molecule has 1 rings (SSSR count). The van der Waals surface area contributed by atoms with Crippen LogP contribution in [0.2, 0.25) is 10.0 Å². The fraction of sp³-hybridized carbons (Fsp3) is 0.273. The van der Waals surface area contributed by atoms with E-state index in [-0.39, 0.29) is 33.1 Å². The van der Waals surface area contributed by atoms with Crippen LogP contribution in [0, 0.1) is 5.92 Å². The summed E-state index contributed by atoms with van der Waals surface area (Å²) in [6, 6.07) is 2.48. The van der Waals surface area contributed by atoms with Gasteiger partial charge in [0.1, 0.15) is 0 Å². The third-order valence-corrected chi connectivity index (χ3v) is 2.66. The van der Waals surface area contributed by atoms with E-state index in [9.17, 15) is 9.59 Å². The zero-order chi connectivity index (χ0) is 13.2. The third-order valence-electron chi connectivity index (χ3n) is 2.06. The molecule has 0 aliphatic carbocycles. The van der Waals surface area contributed by atoms with Gasteiger partial charge in [0.15, 0.2) is 0 Å². The molecule has 0 bridgehead atoms. The summed E-state index contributed by atoms with van der Waals surface area (Å²) in [4.78, 5) is 22.2. The number of carbonyl (C=O) groups excluding carboxylic acids is 1. The first kappa shape index (κ1) is 13.8. The van der Waals surface area contributed by atoms with E-state index in [0.717, 1.165) is 0 Å². The lowest BCUT2D eigenvalue weighted by molar-refractivity contribution is -0.118. The number of anilines is 1. The first-order valence-corrected chi connectivity index (χ1v) is 5.61. The molecule has 0 aliphatic heterocycles. The molecule has 1 amide bonds. The highest BCUT2D eigenvalue weighted by molar-refractivity contribution is 6.40. The Kier molecular flexibility index (Phi) is 4.37. The Bertz CT molecular complexity index is 449. The van der Waals surface area contributed by atoms with Crippen LogP contribution in [-0.4, -0.2) is 17.0 Å². The molecule has 0 radical (unpaired) electrons. The van der Waals surface area contributed by atoms with Crippen LogP contribution < -0.4 is 5.32 Å². The maximum absolute atomic E-state index is 11.5. The monoisotopic (exact) mass is 275 g/mol. The molecule has 0 atom stereocenters. The van der Waals surface area contributed by atoms with Crippen molar-refractivity contribution in [1.29, 1.82) is 0 Å². The van der Waals surface area contributed by atoms with E-state index >= 15 is 0 Å². The second-order valence-corrected chi connectivity index (χ2v) is 4.58. The Morgan fingerprint density at radius 3 is 2.06 bits per heavy atom. The van der Waals surface area contributed by atoms with Crippen LogP contribution in [0.1, 0.15) is 24.2 Å². The van der Waals surface area contributed by atoms with E-state index < -0.39 is 5.97 Å². The number of aromatic carboxylic acids is 1. The van der Waals surface area contributed by atoms with Crippen LogP contribution >= 0.6 is 23.2 Å². The van der Waals surface area contributed by atoms with Gasteiger partial charge in [0.2, 0.25) is 5.91 Å². The summed E-state index contributed by atoms with van der Waals surface area (Å²) < 4.78 is 0. The van der Waals surface area contributed by atoms with Gasteiger partial charge in [0.25, 0.3) is 0 Å². The molecule has 0 saturated heterocycles. The maximum Gasteiger partial charge on any atom is 0.335 e. The first-order chi connectivity index (χ1) is 7.82. The van der Waals surface area contributed by atoms with E-state index in [2.05, 4.69) is 5.32 Å². The lowest BCUT2D eigenvalue weighted by Gasteiger charge is -2.11. The molecular weight excluding hydrogens is 265 g/mol. The smallest absolute Gasteiger partial charge is 0.335 e. The van der Waals surface area contributed by atoms with Gasteiger partial charge >= 0.3 is 5.97 Å². The molecule has 0 unspecified atom stereocenters. The van der Waals surface area contributed by atoms with E-state index in [1.54, 1.807) is 13.8 Å².